The van der Waals surface area contributed by atoms with Crippen LogP contribution in [0.5, 0.6) is 0 Å². The highest BCUT2D eigenvalue weighted by Gasteiger charge is 2.11. The molecule has 1 N–H and O–H groups in total. The number of aromatic nitrogens is 3. The van der Waals surface area contributed by atoms with Crippen LogP contribution < -0.4 is 10.9 Å². The van der Waals surface area contributed by atoms with Crippen molar-refractivity contribution in [1.29, 1.82) is 0 Å². The summed E-state index contributed by atoms with van der Waals surface area (Å²) >= 11 is 0. The normalized spacial score (nSPS) is 12.3. The van der Waals surface area contributed by atoms with E-state index in [4.69, 9.17) is 0 Å². The van der Waals surface area contributed by atoms with Crippen LogP contribution in [0, 0.1) is 0 Å². The number of carbonyl (C=O) groups is 1. The number of nitrogens with one attached hydrogen (secondary N) is 1. The van der Waals surface area contributed by atoms with E-state index in [0.29, 0.717) is 10.9 Å². The summed E-state index contributed by atoms with van der Waals surface area (Å²) in [7, 11) is 0. The highest BCUT2D eigenvalue weighted by atomic mass is 16.2. The molecule has 0 bridgehead atoms. The first kappa shape index (κ1) is 14.2. The molecule has 0 saturated heterocycles. The van der Waals surface area contributed by atoms with Gasteiger partial charge in [-0.1, -0.05) is 30.7 Å². The minimum absolute atomic E-state index is 0.0941. The second-order valence-corrected chi connectivity index (χ2v) is 4.83. The summed E-state index contributed by atoms with van der Waals surface area (Å²) in [5, 5.41) is 11.0. The Morgan fingerprint density at radius 3 is 2.90 bits per heavy atom. The molecule has 0 aliphatic carbocycles. The summed E-state index contributed by atoms with van der Waals surface area (Å²) in [5.41, 5.74) is 0.238. The Labute approximate surface area is 116 Å². The molecule has 0 saturated carbocycles. The molecular weight excluding hydrogens is 256 g/mol. The summed E-state index contributed by atoms with van der Waals surface area (Å²) in [6.07, 6.45) is 1.90. The number of carbonyl (C=O) groups excluding carboxylic acids is 1. The van der Waals surface area contributed by atoms with Gasteiger partial charge in [0.1, 0.15) is 12.1 Å². The Kier molecular flexibility index (Phi) is 4.45. The Morgan fingerprint density at radius 2 is 2.15 bits per heavy atom. The van der Waals surface area contributed by atoms with E-state index < -0.39 is 0 Å². The monoisotopic (exact) mass is 274 g/mol. The lowest BCUT2D eigenvalue weighted by Gasteiger charge is -2.12. The first-order chi connectivity index (χ1) is 9.61. The molecule has 1 aromatic heterocycles. The van der Waals surface area contributed by atoms with Crippen molar-refractivity contribution >= 4 is 16.8 Å². The van der Waals surface area contributed by atoms with Crippen LogP contribution in [0.15, 0.2) is 29.1 Å². The predicted octanol–water partition coefficient (Wildman–Crippen LogP) is 1.10. The lowest BCUT2D eigenvalue weighted by Crippen LogP contribution is -2.38. The molecule has 1 aromatic carbocycles. The first-order valence-electron chi connectivity index (χ1n) is 6.73. The molecule has 6 heteroatoms. The van der Waals surface area contributed by atoms with Crippen LogP contribution in [-0.2, 0) is 11.3 Å². The van der Waals surface area contributed by atoms with E-state index in [1.165, 1.54) is 0 Å². The van der Waals surface area contributed by atoms with Gasteiger partial charge >= 0.3 is 0 Å². The fourth-order valence-electron chi connectivity index (χ4n) is 2.09. The van der Waals surface area contributed by atoms with Gasteiger partial charge in [-0.15, -0.1) is 5.10 Å². The Bertz CT molecular complexity index is 666. The zero-order valence-corrected chi connectivity index (χ0v) is 11.7. The standard InChI is InChI=1S/C14H18N4O2/c1-3-6-10(2)15-13(19)9-18-14(20)11-7-4-5-8-12(11)16-17-18/h4-5,7-8,10H,3,6,9H2,1-2H3,(H,15,19)/t10-/m1/s1. The summed E-state index contributed by atoms with van der Waals surface area (Å²) < 4.78 is 1.09. The second-order valence-electron chi connectivity index (χ2n) is 4.83. The summed E-state index contributed by atoms with van der Waals surface area (Å²) in [6, 6.07) is 7.05. The van der Waals surface area contributed by atoms with Crippen molar-refractivity contribution in [3.8, 4) is 0 Å². The molecule has 1 atom stereocenters. The molecule has 0 spiro atoms. The van der Waals surface area contributed by atoms with E-state index in [1.54, 1.807) is 24.3 Å². The van der Waals surface area contributed by atoms with Crippen molar-refractivity contribution in [2.75, 3.05) is 0 Å². The highest BCUT2D eigenvalue weighted by molar-refractivity contribution is 5.78. The maximum Gasteiger partial charge on any atom is 0.278 e. The van der Waals surface area contributed by atoms with Gasteiger partial charge in [0, 0.05) is 6.04 Å². The maximum absolute atomic E-state index is 12.2. The van der Waals surface area contributed by atoms with E-state index in [9.17, 15) is 9.59 Å². The van der Waals surface area contributed by atoms with Crippen molar-refractivity contribution in [3.63, 3.8) is 0 Å². The molecule has 2 rings (SSSR count). The number of hydrogen-bond donors (Lipinski definition) is 1. The molecule has 0 aliphatic heterocycles. The van der Waals surface area contributed by atoms with Gasteiger partial charge in [-0.2, -0.15) is 0 Å². The van der Waals surface area contributed by atoms with Gasteiger partial charge in [-0.25, -0.2) is 4.68 Å². The lowest BCUT2D eigenvalue weighted by atomic mass is 10.2. The van der Waals surface area contributed by atoms with E-state index in [-0.39, 0.29) is 24.1 Å². The average Bonchev–Trinajstić information content (AvgIpc) is 2.42. The zero-order chi connectivity index (χ0) is 14.5. The molecule has 0 unspecified atom stereocenters. The lowest BCUT2D eigenvalue weighted by molar-refractivity contribution is -0.122. The van der Waals surface area contributed by atoms with Gasteiger partial charge in [0.05, 0.1) is 5.39 Å². The third-order valence-corrected chi connectivity index (χ3v) is 3.05. The first-order valence-corrected chi connectivity index (χ1v) is 6.73. The van der Waals surface area contributed by atoms with Gasteiger partial charge in [-0.3, -0.25) is 9.59 Å². The molecule has 1 heterocycles. The minimum Gasteiger partial charge on any atom is -0.352 e. The predicted molar refractivity (Wildman–Crippen MR) is 76.3 cm³/mol. The topological polar surface area (TPSA) is 76.9 Å². The van der Waals surface area contributed by atoms with Gasteiger partial charge < -0.3 is 5.32 Å². The van der Waals surface area contributed by atoms with Crippen LogP contribution in [0.2, 0.25) is 0 Å². The van der Waals surface area contributed by atoms with Crippen LogP contribution in [0.4, 0.5) is 0 Å². The van der Waals surface area contributed by atoms with Crippen LogP contribution >= 0.6 is 0 Å². The third-order valence-electron chi connectivity index (χ3n) is 3.05. The molecule has 6 nitrogen and oxygen atoms in total. The molecule has 20 heavy (non-hydrogen) atoms. The number of rotatable bonds is 5. The summed E-state index contributed by atoms with van der Waals surface area (Å²) in [6.45, 7) is 3.89. The van der Waals surface area contributed by atoms with Gasteiger partial charge in [0.2, 0.25) is 5.91 Å². The van der Waals surface area contributed by atoms with Crippen molar-refractivity contribution in [2.24, 2.45) is 0 Å². The van der Waals surface area contributed by atoms with Crippen LogP contribution in [0.25, 0.3) is 10.9 Å². The van der Waals surface area contributed by atoms with Gasteiger partial charge in [-0.05, 0) is 25.5 Å². The summed E-state index contributed by atoms with van der Waals surface area (Å²) in [4.78, 5) is 24.0. The Balaban J connectivity index is 2.16. The highest BCUT2D eigenvalue weighted by Crippen LogP contribution is 2.03. The molecule has 1 amide bonds. The molecule has 0 aliphatic rings. The van der Waals surface area contributed by atoms with E-state index in [2.05, 4.69) is 22.6 Å². The van der Waals surface area contributed by atoms with E-state index in [1.807, 2.05) is 6.92 Å². The third kappa shape index (κ3) is 3.20. The molecule has 106 valence electrons. The number of nitrogens with zero attached hydrogens (tertiary/aromatic N) is 3. The van der Waals surface area contributed by atoms with E-state index in [0.717, 1.165) is 17.5 Å². The van der Waals surface area contributed by atoms with E-state index >= 15 is 0 Å². The Morgan fingerprint density at radius 1 is 1.40 bits per heavy atom. The fourth-order valence-corrected chi connectivity index (χ4v) is 2.09. The van der Waals surface area contributed by atoms with Crippen LogP contribution in [0.1, 0.15) is 26.7 Å². The van der Waals surface area contributed by atoms with Gasteiger partial charge in [0.15, 0.2) is 0 Å². The second kappa shape index (κ2) is 6.27. The van der Waals surface area contributed by atoms with Crippen molar-refractivity contribution in [2.45, 2.75) is 39.3 Å². The largest absolute Gasteiger partial charge is 0.352 e. The van der Waals surface area contributed by atoms with Crippen LogP contribution in [-0.4, -0.2) is 26.9 Å². The smallest absolute Gasteiger partial charge is 0.278 e. The van der Waals surface area contributed by atoms with Crippen molar-refractivity contribution in [1.82, 2.24) is 20.3 Å². The Hall–Kier alpha value is -2.24. The van der Waals surface area contributed by atoms with Crippen LogP contribution in [0.3, 0.4) is 0 Å². The molecule has 0 radical (unpaired) electrons. The molecular formula is C14H18N4O2. The molecule has 0 fully saturated rings. The number of fused-ring (bicyclic) bond motifs is 1. The SMILES string of the molecule is CCC[C@@H](C)NC(=O)Cn1nnc2ccccc2c1=O. The van der Waals surface area contributed by atoms with Crippen molar-refractivity contribution in [3.05, 3.63) is 34.6 Å². The minimum atomic E-state index is -0.297. The van der Waals surface area contributed by atoms with Crippen molar-refractivity contribution < 1.29 is 4.79 Å². The van der Waals surface area contributed by atoms with Gasteiger partial charge in [0.25, 0.3) is 5.56 Å². The molecule has 2 aromatic rings. The number of hydrogen-bond acceptors (Lipinski definition) is 4. The number of amides is 1. The fraction of sp³-hybridized carbons (Fsp3) is 0.429. The maximum atomic E-state index is 12.2. The quantitative estimate of drug-likeness (QED) is 0.885. The summed E-state index contributed by atoms with van der Waals surface area (Å²) in [5.74, 6) is -0.224. The zero-order valence-electron chi connectivity index (χ0n) is 11.7. The number of benzene rings is 1. The average molecular weight is 274 g/mol.